The van der Waals surface area contributed by atoms with Gasteiger partial charge in [0.15, 0.2) is 16.7 Å². The Kier molecular flexibility index (Phi) is 4.05. The zero-order valence-corrected chi connectivity index (χ0v) is 14.0. The van der Waals surface area contributed by atoms with Gasteiger partial charge in [-0.05, 0) is 24.3 Å². The maximum atomic E-state index is 13.2. The van der Waals surface area contributed by atoms with Crippen LogP contribution in [-0.4, -0.2) is 16.0 Å². The van der Waals surface area contributed by atoms with Crippen molar-refractivity contribution in [2.75, 3.05) is 10.6 Å². The monoisotopic (exact) mass is 372 g/mol. The normalized spacial score (nSPS) is 10.8. The molecule has 0 saturated heterocycles. The lowest BCUT2D eigenvalue weighted by Crippen LogP contribution is -2.19. The van der Waals surface area contributed by atoms with Crippen LogP contribution in [0.5, 0.6) is 0 Å². The van der Waals surface area contributed by atoms with Crippen molar-refractivity contribution in [2.45, 2.75) is 0 Å². The van der Waals surface area contributed by atoms with Crippen LogP contribution in [0.25, 0.3) is 22.6 Å². The summed E-state index contributed by atoms with van der Waals surface area (Å²) < 4.78 is 26.3. The predicted octanol–water partition coefficient (Wildman–Crippen LogP) is 4.03. The minimum Gasteiger partial charge on any atom is -0.308 e. The Balaban J connectivity index is 1.52. The van der Waals surface area contributed by atoms with Gasteiger partial charge in [-0.3, -0.25) is 0 Å². The van der Waals surface area contributed by atoms with Crippen molar-refractivity contribution in [1.82, 2.24) is 9.97 Å². The van der Waals surface area contributed by atoms with Gasteiger partial charge in [-0.1, -0.05) is 0 Å². The smallest absolute Gasteiger partial charge is 0.308 e. The number of carbonyl (C=O) groups is 1. The van der Waals surface area contributed by atoms with Crippen molar-refractivity contribution in [2.24, 2.45) is 0 Å². The number of fused-ring (bicyclic) bond motifs is 1. The number of hydrogen-bond donors (Lipinski definition) is 3. The maximum Gasteiger partial charge on any atom is 0.323 e. The molecule has 130 valence electrons. The number of imidazole rings is 1. The van der Waals surface area contributed by atoms with E-state index in [9.17, 15) is 13.6 Å². The molecule has 0 atom stereocenters. The minimum atomic E-state index is -0.766. The zero-order chi connectivity index (χ0) is 18.1. The van der Waals surface area contributed by atoms with Crippen molar-refractivity contribution >= 4 is 39.8 Å². The van der Waals surface area contributed by atoms with E-state index in [0.29, 0.717) is 5.69 Å². The van der Waals surface area contributed by atoms with E-state index in [2.05, 4.69) is 25.6 Å². The first-order valence-electron chi connectivity index (χ1n) is 7.54. The summed E-state index contributed by atoms with van der Waals surface area (Å²) in [4.78, 5) is 22.7. The molecule has 0 saturated carbocycles. The van der Waals surface area contributed by atoms with Gasteiger partial charge in [-0.2, -0.15) is 0 Å². The fourth-order valence-electron chi connectivity index (χ4n) is 2.52. The number of halogens is 2. The SMILES string of the molecule is O=C(Nc1cc(F)cc(F)c1)Nc1ccc2[nH+]c(-c3cscn3)[nH]c2c1. The van der Waals surface area contributed by atoms with Crippen LogP contribution in [0.4, 0.5) is 25.0 Å². The van der Waals surface area contributed by atoms with Gasteiger partial charge in [-0.25, -0.2) is 28.5 Å². The number of benzene rings is 2. The van der Waals surface area contributed by atoms with Crippen LogP contribution in [-0.2, 0) is 0 Å². The van der Waals surface area contributed by atoms with E-state index in [-0.39, 0.29) is 5.69 Å². The summed E-state index contributed by atoms with van der Waals surface area (Å²) in [6.07, 6.45) is 0. The summed E-state index contributed by atoms with van der Waals surface area (Å²) in [6.45, 7) is 0. The van der Waals surface area contributed by atoms with Gasteiger partial charge in [0.2, 0.25) is 0 Å². The zero-order valence-electron chi connectivity index (χ0n) is 13.1. The quantitative estimate of drug-likeness (QED) is 0.507. The first kappa shape index (κ1) is 16.2. The number of aromatic amines is 2. The molecule has 0 fully saturated rings. The molecule has 2 aromatic heterocycles. The number of hydrogen-bond acceptors (Lipinski definition) is 3. The highest BCUT2D eigenvalue weighted by molar-refractivity contribution is 7.07. The van der Waals surface area contributed by atoms with Crippen molar-refractivity contribution in [3.05, 3.63) is 58.9 Å². The highest BCUT2D eigenvalue weighted by Crippen LogP contribution is 2.20. The van der Waals surface area contributed by atoms with Crippen LogP contribution in [0.2, 0.25) is 0 Å². The summed E-state index contributed by atoms with van der Waals surface area (Å²) in [6, 6.07) is 7.46. The molecule has 2 aromatic carbocycles. The average Bonchev–Trinajstić information content (AvgIpc) is 3.22. The number of anilines is 2. The topological polar surface area (TPSA) is 83.9 Å². The Morgan fingerprint density at radius 3 is 2.58 bits per heavy atom. The van der Waals surface area contributed by atoms with Gasteiger partial charge in [0.1, 0.15) is 11.6 Å². The van der Waals surface area contributed by atoms with Crippen molar-refractivity contribution in [3.8, 4) is 11.5 Å². The molecule has 9 heteroatoms. The number of urea groups is 1. The molecule has 0 spiro atoms. The fourth-order valence-corrected chi connectivity index (χ4v) is 3.06. The second-order valence-electron chi connectivity index (χ2n) is 5.50. The summed E-state index contributed by atoms with van der Waals surface area (Å²) in [5.74, 6) is -0.769. The van der Waals surface area contributed by atoms with E-state index >= 15 is 0 Å². The van der Waals surface area contributed by atoms with Crippen LogP contribution in [0.3, 0.4) is 0 Å². The summed E-state index contributed by atoms with van der Waals surface area (Å²) in [7, 11) is 0. The summed E-state index contributed by atoms with van der Waals surface area (Å²) >= 11 is 1.49. The van der Waals surface area contributed by atoms with E-state index in [1.165, 1.54) is 11.3 Å². The number of nitrogens with zero attached hydrogens (tertiary/aromatic N) is 1. The standard InChI is InChI=1S/C17H11F2N5OS/c18-9-3-10(19)5-12(4-9)22-17(25)21-11-1-2-13-14(6-11)24-16(23-13)15-7-26-8-20-15/h1-8H,(H,23,24)(H2,21,22,25)/p+1. The van der Waals surface area contributed by atoms with Crippen molar-refractivity contribution in [3.63, 3.8) is 0 Å². The highest BCUT2D eigenvalue weighted by Gasteiger charge is 2.15. The molecule has 4 aromatic rings. The summed E-state index contributed by atoms with van der Waals surface area (Å²) in [5, 5.41) is 6.92. The van der Waals surface area contributed by atoms with Gasteiger partial charge in [-0.15, -0.1) is 11.3 Å². The van der Waals surface area contributed by atoms with E-state index in [1.807, 2.05) is 5.38 Å². The Bertz CT molecular complexity index is 1070. The van der Waals surface area contributed by atoms with Crippen LogP contribution < -0.4 is 15.6 Å². The molecular formula is C17H12F2N5OS+. The third-order valence-electron chi connectivity index (χ3n) is 3.61. The second kappa shape index (κ2) is 6.52. The Morgan fingerprint density at radius 2 is 1.85 bits per heavy atom. The lowest BCUT2D eigenvalue weighted by atomic mass is 10.3. The number of rotatable bonds is 3. The molecule has 0 radical (unpaired) electrons. The second-order valence-corrected chi connectivity index (χ2v) is 6.21. The Hall–Kier alpha value is -3.33. The summed E-state index contributed by atoms with van der Waals surface area (Å²) in [5.41, 5.74) is 4.72. The van der Waals surface area contributed by atoms with Crippen molar-refractivity contribution < 1.29 is 18.6 Å². The highest BCUT2D eigenvalue weighted by atomic mass is 32.1. The van der Waals surface area contributed by atoms with Gasteiger partial charge < -0.3 is 10.6 Å². The number of nitrogens with one attached hydrogen (secondary N) is 4. The molecule has 4 rings (SSSR count). The molecule has 4 N–H and O–H groups in total. The predicted molar refractivity (Wildman–Crippen MR) is 95.0 cm³/mol. The first-order chi connectivity index (χ1) is 12.6. The number of amides is 2. The lowest BCUT2D eigenvalue weighted by Gasteiger charge is -2.07. The van der Waals surface area contributed by atoms with Crippen LogP contribution >= 0.6 is 11.3 Å². The van der Waals surface area contributed by atoms with E-state index < -0.39 is 17.7 Å². The first-order valence-corrected chi connectivity index (χ1v) is 8.49. The maximum absolute atomic E-state index is 13.2. The van der Waals surface area contributed by atoms with Crippen LogP contribution in [0, 0.1) is 11.6 Å². The Morgan fingerprint density at radius 1 is 1.08 bits per heavy atom. The number of H-pyrrole nitrogens is 2. The van der Waals surface area contributed by atoms with Gasteiger partial charge in [0.05, 0.1) is 5.51 Å². The van der Waals surface area contributed by atoms with E-state index in [4.69, 9.17) is 0 Å². The number of thiazole rings is 1. The molecule has 0 aliphatic carbocycles. The number of carbonyl (C=O) groups excluding carboxylic acids is 1. The molecule has 0 bridgehead atoms. The Labute approximate surface area is 149 Å². The molecule has 0 aliphatic rings. The van der Waals surface area contributed by atoms with Gasteiger partial charge in [0, 0.05) is 28.9 Å². The van der Waals surface area contributed by atoms with E-state index in [1.54, 1.807) is 23.7 Å². The lowest BCUT2D eigenvalue weighted by molar-refractivity contribution is -0.330. The van der Waals surface area contributed by atoms with Crippen molar-refractivity contribution in [1.29, 1.82) is 0 Å². The van der Waals surface area contributed by atoms with Crippen LogP contribution in [0.15, 0.2) is 47.3 Å². The molecular weight excluding hydrogens is 360 g/mol. The number of aromatic nitrogens is 3. The van der Waals surface area contributed by atoms with Crippen LogP contribution in [0.1, 0.15) is 0 Å². The average molecular weight is 372 g/mol. The molecule has 2 amide bonds. The fraction of sp³-hybridized carbons (Fsp3) is 0. The molecule has 26 heavy (non-hydrogen) atoms. The minimum absolute atomic E-state index is 0.0279. The van der Waals surface area contributed by atoms with E-state index in [0.717, 1.165) is 40.8 Å². The third kappa shape index (κ3) is 3.38. The molecule has 0 unspecified atom stereocenters. The van der Waals surface area contributed by atoms with Gasteiger partial charge in [0.25, 0.3) is 0 Å². The third-order valence-corrected chi connectivity index (χ3v) is 4.19. The largest absolute Gasteiger partial charge is 0.323 e. The molecule has 6 nitrogen and oxygen atoms in total. The molecule has 2 heterocycles. The molecule has 0 aliphatic heterocycles. The van der Waals surface area contributed by atoms with Gasteiger partial charge >= 0.3 is 11.9 Å².